The van der Waals surface area contributed by atoms with Crippen LogP contribution in [0.2, 0.25) is 0 Å². The largest absolute Gasteiger partial charge is 0.508 e. The number of aromatic hydroxyl groups is 1. The third-order valence-electron chi connectivity index (χ3n) is 5.53. The molecule has 3 amide bonds. The molecule has 1 atom stereocenters. The lowest BCUT2D eigenvalue weighted by Crippen LogP contribution is -2.48. The average Bonchev–Trinajstić information content (AvgIpc) is 2.78. The van der Waals surface area contributed by atoms with Gasteiger partial charge in [0, 0.05) is 13.1 Å². The van der Waals surface area contributed by atoms with Gasteiger partial charge in [0.25, 0.3) is 0 Å². The summed E-state index contributed by atoms with van der Waals surface area (Å²) in [6.07, 6.45) is 5.96. The first-order chi connectivity index (χ1) is 16.5. The fourth-order valence-corrected chi connectivity index (χ4v) is 3.68. The fraction of sp³-hybridized carbons (Fsp3) is 0.667. The number of amides is 3. The Morgan fingerprint density at radius 1 is 1.00 bits per heavy atom. The van der Waals surface area contributed by atoms with Crippen LogP contribution in [0.15, 0.2) is 18.2 Å². The van der Waals surface area contributed by atoms with Gasteiger partial charge < -0.3 is 25.4 Å². The molecule has 1 unspecified atom stereocenters. The molecular formula is C27H45N3O5. The molecule has 8 nitrogen and oxygen atoms in total. The maximum Gasteiger partial charge on any atom is 0.408 e. The van der Waals surface area contributed by atoms with Gasteiger partial charge in [-0.2, -0.15) is 0 Å². The summed E-state index contributed by atoms with van der Waals surface area (Å²) in [5.41, 5.74) is 0.559. The van der Waals surface area contributed by atoms with Gasteiger partial charge in [-0.25, -0.2) is 4.79 Å². The molecule has 0 heterocycles. The Bertz CT molecular complexity index is 820. The van der Waals surface area contributed by atoms with E-state index in [9.17, 15) is 19.5 Å². The van der Waals surface area contributed by atoms with Crippen molar-refractivity contribution < 1.29 is 24.2 Å². The zero-order valence-corrected chi connectivity index (χ0v) is 22.4. The Labute approximate surface area is 210 Å². The zero-order chi connectivity index (χ0) is 26.4. The minimum absolute atomic E-state index is 0.128. The number of benzene rings is 1. The van der Waals surface area contributed by atoms with E-state index in [1.165, 1.54) is 4.90 Å². The van der Waals surface area contributed by atoms with Crippen LogP contribution < -0.4 is 10.6 Å². The highest BCUT2D eigenvalue weighted by atomic mass is 16.6. The highest BCUT2D eigenvalue weighted by Gasteiger charge is 2.31. The van der Waals surface area contributed by atoms with Crippen molar-refractivity contribution in [2.75, 3.05) is 19.6 Å². The number of hydrogen-bond acceptors (Lipinski definition) is 5. The summed E-state index contributed by atoms with van der Waals surface area (Å²) in [7, 11) is 0. The molecule has 0 aliphatic rings. The molecule has 0 aliphatic heterocycles. The summed E-state index contributed by atoms with van der Waals surface area (Å²) >= 11 is 0. The van der Waals surface area contributed by atoms with Crippen LogP contribution in [0.3, 0.4) is 0 Å². The summed E-state index contributed by atoms with van der Waals surface area (Å²) in [5, 5.41) is 15.5. The first kappa shape index (κ1) is 30.3. The molecule has 0 fully saturated rings. The molecule has 35 heavy (non-hydrogen) atoms. The highest BCUT2D eigenvalue weighted by molar-refractivity contribution is 5.90. The number of carbonyl (C=O) groups is 3. The standard InChI is InChI=1S/C27H45N3O5/c1-7-9-11-13-17-30(23(32)19-29-26(34)35-27(4,5)6)24(25(33)28-16-12-10-8-2)21-14-15-22(31)20(3)18-21/h14-15,18,24,31H,7-13,16-17,19H2,1-6H3,(H,28,33)(H,29,34). The number of phenolic OH excluding ortho intramolecular Hbond substituents is 1. The summed E-state index contributed by atoms with van der Waals surface area (Å²) in [6, 6.07) is 4.08. The molecule has 0 radical (unpaired) electrons. The Balaban J connectivity index is 3.19. The maximum atomic E-state index is 13.4. The lowest BCUT2D eigenvalue weighted by atomic mass is 10.0. The summed E-state index contributed by atoms with van der Waals surface area (Å²) in [4.78, 5) is 40.4. The van der Waals surface area contributed by atoms with Crippen LogP contribution in [-0.4, -0.2) is 53.1 Å². The second kappa shape index (κ2) is 15.3. The molecule has 198 valence electrons. The number of phenols is 1. The molecule has 1 aromatic carbocycles. The molecule has 0 aliphatic carbocycles. The number of alkyl carbamates (subject to hydrolysis) is 1. The molecule has 1 aromatic rings. The minimum Gasteiger partial charge on any atom is -0.508 e. The Kier molecular flexibility index (Phi) is 13.2. The molecule has 1 rings (SSSR count). The molecule has 0 saturated carbocycles. The number of nitrogens with zero attached hydrogens (tertiary/aromatic N) is 1. The van der Waals surface area contributed by atoms with E-state index < -0.39 is 17.7 Å². The molecular weight excluding hydrogens is 446 g/mol. The van der Waals surface area contributed by atoms with Crippen molar-refractivity contribution in [3.63, 3.8) is 0 Å². The van der Waals surface area contributed by atoms with Gasteiger partial charge in [-0.05, 0) is 63.8 Å². The van der Waals surface area contributed by atoms with Gasteiger partial charge in [-0.3, -0.25) is 9.59 Å². The molecule has 8 heteroatoms. The van der Waals surface area contributed by atoms with E-state index in [0.717, 1.165) is 44.9 Å². The quantitative estimate of drug-likeness (QED) is 0.318. The average molecular weight is 492 g/mol. The Morgan fingerprint density at radius 3 is 2.26 bits per heavy atom. The third kappa shape index (κ3) is 11.5. The number of ether oxygens (including phenoxy) is 1. The molecule has 0 saturated heterocycles. The number of rotatable bonds is 14. The predicted octanol–water partition coefficient (Wildman–Crippen LogP) is 4.98. The second-order valence-electron chi connectivity index (χ2n) is 9.95. The summed E-state index contributed by atoms with van der Waals surface area (Å²) in [5.74, 6) is -0.512. The van der Waals surface area contributed by atoms with Crippen molar-refractivity contribution in [1.29, 1.82) is 0 Å². The molecule has 3 N–H and O–H groups in total. The van der Waals surface area contributed by atoms with E-state index in [0.29, 0.717) is 24.2 Å². The molecule has 0 bridgehead atoms. The normalized spacial score (nSPS) is 12.1. The van der Waals surface area contributed by atoms with Crippen molar-refractivity contribution in [2.45, 2.75) is 98.1 Å². The van der Waals surface area contributed by atoms with Crippen LogP contribution in [0, 0.1) is 6.92 Å². The van der Waals surface area contributed by atoms with E-state index >= 15 is 0 Å². The SMILES string of the molecule is CCCCCCN(C(=O)CNC(=O)OC(C)(C)C)C(C(=O)NCCCCC)c1ccc(O)c(C)c1. The predicted molar refractivity (Wildman–Crippen MR) is 138 cm³/mol. The van der Waals surface area contributed by atoms with Gasteiger partial charge in [0.2, 0.25) is 11.8 Å². The van der Waals surface area contributed by atoms with Crippen molar-refractivity contribution in [1.82, 2.24) is 15.5 Å². The number of carbonyl (C=O) groups excluding carboxylic acids is 3. The van der Waals surface area contributed by atoms with Crippen LogP contribution >= 0.6 is 0 Å². The van der Waals surface area contributed by atoms with E-state index in [-0.39, 0.29) is 24.1 Å². The van der Waals surface area contributed by atoms with Crippen LogP contribution in [0.4, 0.5) is 4.79 Å². The van der Waals surface area contributed by atoms with E-state index in [2.05, 4.69) is 24.5 Å². The first-order valence-corrected chi connectivity index (χ1v) is 12.8. The Hall–Kier alpha value is -2.77. The summed E-state index contributed by atoms with van der Waals surface area (Å²) in [6.45, 7) is 11.8. The second-order valence-corrected chi connectivity index (χ2v) is 9.95. The van der Waals surface area contributed by atoms with Gasteiger partial charge in [-0.1, -0.05) is 52.0 Å². The minimum atomic E-state index is -0.870. The summed E-state index contributed by atoms with van der Waals surface area (Å²) < 4.78 is 5.25. The number of aryl methyl sites for hydroxylation is 1. The van der Waals surface area contributed by atoms with Crippen molar-refractivity contribution >= 4 is 17.9 Å². The van der Waals surface area contributed by atoms with Crippen LogP contribution in [0.25, 0.3) is 0 Å². The molecule has 0 aromatic heterocycles. The van der Waals surface area contributed by atoms with Gasteiger partial charge in [0.15, 0.2) is 0 Å². The van der Waals surface area contributed by atoms with Crippen LogP contribution in [0.1, 0.15) is 96.7 Å². The van der Waals surface area contributed by atoms with Crippen LogP contribution in [0.5, 0.6) is 5.75 Å². The topological polar surface area (TPSA) is 108 Å². The number of unbranched alkanes of at least 4 members (excludes halogenated alkanes) is 5. The van der Waals surface area contributed by atoms with E-state index in [1.807, 2.05) is 0 Å². The lowest BCUT2D eigenvalue weighted by molar-refractivity contribution is -0.140. The van der Waals surface area contributed by atoms with Gasteiger partial charge in [0.1, 0.15) is 23.9 Å². The van der Waals surface area contributed by atoms with Gasteiger partial charge in [0.05, 0.1) is 0 Å². The van der Waals surface area contributed by atoms with Gasteiger partial charge >= 0.3 is 6.09 Å². The first-order valence-electron chi connectivity index (χ1n) is 12.8. The maximum absolute atomic E-state index is 13.4. The fourth-order valence-electron chi connectivity index (χ4n) is 3.68. The third-order valence-corrected chi connectivity index (χ3v) is 5.53. The molecule has 0 spiro atoms. The zero-order valence-electron chi connectivity index (χ0n) is 22.4. The van der Waals surface area contributed by atoms with Crippen molar-refractivity contribution in [3.05, 3.63) is 29.3 Å². The number of hydrogen-bond donors (Lipinski definition) is 3. The van der Waals surface area contributed by atoms with Crippen molar-refractivity contribution in [3.8, 4) is 5.75 Å². The van der Waals surface area contributed by atoms with Crippen molar-refractivity contribution in [2.24, 2.45) is 0 Å². The number of nitrogens with one attached hydrogen (secondary N) is 2. The van der Waals surface area contributed by atoms with E-state index in [1.54, 1.807) is 45.9 Å². The Morgan fingerprint density at radius 2 is 1.66 bits per heavy atom. The van der Waals surface area contributed by atoms with E-state index in [4.69, 9.17) is 4.74 Å². The lowest BCUT2D eigenvalue weighted by Gasteiger charge is -2.32. The van der Waals surface area contributed by atoms with Crippen LogP contribution in [-0.2, 0) is 14.3 Å². The monoisotopic (exact) mass is 491 g/mol. The smallest absolute Gasteiger partial charge is 0.408 e. The highest BCUT2D eigenvalue weighted by Crippen LogP contribution is 2.27. The van der Waals surface area contributed by atoms with Gasteiger partial charge in [-0.15, -0.1) is 0 Å².